The van der Waals surface area contributed by atoms with Crippen molar-refractivity contribution >= 4 is 35.0 Å². The highest BCUT2D eigenvalue weighted by Gasteiger charge is 2.51. The fourth-order valence-electron chi connectivity index (χ4n) is 4.65. The summed E-state index contributed by atoms with van der Waals surface area (Å²) in [6, 6.07) is 8.40. The molecule has 2 heterocycles. The number of hydroxylamine groups is 2. The number of amides is 4. The summed E-state index contributed by atoms with van der Waals surface area (Å²) in [5.74, 6) is -2.14. The SMILES string of the molecule is Cc1cccc(C)c1N1C(=O)CC(N(O)C2CC(=O)N(c3c(C)cccc3C)C2=O)C1=O. The number of hydrogen-bond donors (Lipinski definition) is 1. The third-order valence-corrected chi connectivity index (χ3v) is 6.21. The zero-order valence-electron chi connectivity index (χ0n) is 18.5. The van der Waals surface area contributed by atoms with E-state index in [2.05, 4.69) is 0 Å². The molecule has 2 aliphatic heterocycles. The molecule has 2 aromatic rings. The second-order valence-electron chi connectivity index (χ2n) is 8.44. The molecule has 8 nitrogen and oxygen atoms in total. The van der Waals surface area contributed by atoms with Crippen LogP contribution in [0.2, 0.25) is 0 Å². The van der Waals surface area contributed by atoms with Crippen molar-refractivity contribution in [2.45, 2.75) is 52.6 Å². The van der Waals surface area contributed by atoms with Crippen LogP contribution in [0.25, 0.3) is 0 Å². The minimum absolute atomic E-state index is 0.273. The maximum Gasteiger partial charge on any atom is 0.254 e. The van der Waals surface area contributed by atoms with Crippen LogP contribution < -0.4 is 9.80 Å². The predicted molar refractivity (Wildman–Crippen MR) is 117 cm³/mol. The van der Waals surface area contributed by atoms with E-state index < -0.39 is 35.7 Å². The van der Waals surface area contributed by atoms with E-state index in [0.717, 1.165) is 32.1 Å². The predicted octanol–water partition coefficient (Wildman–Crippen LogP) is 2.58. The van der Waals surface area contributed by atoms with Crippen LogP contribution in [-0.4, -0.2) is 46.0 Å². The Balaban J connectivity index is 1.62. The van der Waals surface area contributed by atoms with Crippen LogP contribution in [0.4, 0.5) is 11.4 Å². The Kier molecular flexibility index (Phi) is 5.44. The number of nitrogens with zero attached hydrogens (tertiary/aromatic N) is 3. The summed E-state index contributed by atoms with van der Waals surface area (Å²) in [6.07, 6.45) is -0.547. The number of carbonyl (C=O) groups excluding carboxylic acids is 4. The first-order valence-electron chi connectivity index (χ1n) is 10.5. The van der Waals surface area contributed by atoms with Gasteiger partial charge in [0.25, 0.3) is 11.8 Å². The number of para-hydroxylation sites is 2. The van der Waals surface area contributed by atoms with Gasteiger partial charge in [0.15, 0.2) is 0 Å². The topological polar surface area (TPSA) is 98.2 Å². The molecule has 0 aromatic heterocycles. The largest absolute Gasteiger partial charge is 0.312 e. The summed E-state index contributed by atoms with van der Waals surface area (Å²) >= 11 is 0. The Labute approximate surface area is 186 Å². The summed E-state index contributed by atoms with van der Waals surface area (Å²) in [7, 11) is 0. The monoisotopic (exact) mass is 435 g/mol. The Morgan fingerprint density at radius 2 is 1.00 bits per heavy atom. The highest BCUT2D eigenvalue weighted by atomic mass is 16.5. The molecule has 2 atom stereocenters. The van der Waals surface area contributed by atoms with Crippen LogP contribution >= 0.6 is 0 Å². The lowest BCUT2D eigenvalue weighted by Gasteiger charge is -2.26. The molecule has 4 rings (SSSR count). The van der Waals surface area contributed by atoms with Crippen molar-refractivity contribution in [1.82, 2.24) is 5.06 Å². The van der Waals surface area contributed by atoms with Crippen molar-refractivity contribution in [1.29, 1.82) is 0 Å². The number of carbonyl (C=O) groups is 4. The maximum absolute atomic E-state index is 13.2. The van der Waals surface area contributed by atoms with E-state index >= 15 is 0 Å². The van der Waals surface area contributed by atoms with Gasteiger partial charge in [-0.1, -0.05) is 36.4 Å². The lowest BCUT2D eigenvalue weighted by Crippen LogP contribution is -2.49. The number of rotatable bonds is 4. The number of anilines is 2. The quantitative estimate of drug-likeness (QED) is 0.586. The highest BCUT2D eigenvalue weighted by Crippen LogP contribution is 2.34. The van der Waals surface area contributed by atoms with Crippen molar-refractivity contribution in [3.8, 4) is 0 Å². The lowest BCUT2D eigenvalue weighted by atomic mass is 10.1. The maximum atomic E-state index is 13.2. The van der Waals surface area contributed by atoms with Gasteiger partial charge in [0.05, 0.1) is 24.2 Å². The van der Waals surface area contributed by atoms with E-state index in [-0.39, 0.29) is 12.8 Å². The van der Waals surface area contributed by atoms with Crippen LogP contribution in [0.1, 0.15) is 35.1 Å². The van der Waals surface area contributed by atoms with Gasteiger partial charge in [-0.05, 0) is 49.9 Å². The van der Waals surface area contributed by atoms with Gasteiger partial charge in [0.1, 0.15) is 12.1 Å². The van der Waals surface area contributed by atoms with Gasteiger partial charge < -0.3 is 5.21 Å². The molecule has 2 aromatic carbocycles. The number of benzene rings is 2. The van der Waals surface area contributed by atoms with Gasteiger partial charge in [-0.15, -0.1) is 0 Å². The standard InChI is InChI=1S/C24H25N3O5/c1-13-7-5-8-14(2)21(13)25-19(28)11-17(23(25)30)27(32)18-12-20(29)26(24(18)31)22-15(3)9-6-10-16(22)4/h5-10,17-18,32H,11-12H2,1-4H3. The van der Waals surface area contributed by atoms with Gasteiger partial charge >= 0.3 is 0 Å². The minimum Gasteiger partial charge on any atom is -0.312 e. The molecule has 0 saturated carbocycles. The fraction of sp³-hybridized carbons (Fsp3) is 0.333. The molecule has 4 amide bonds. The first kappa shape index (κ1) is 21.9. The van der Waals surface area contributed by atoms with E-state index in [4.69, 9.17) is 0 Å². The Morgan fingerprint density at radius 1 is 0.688 bits per heavy atom. The summed E-state index contributed by atoms with van der Waals surface area (Å²) in [4.78, 5) is 54.0. The van der Waals surface area contributed by atoms with Gasteiger partial charge in [0, 0.05) is 0 Å². The number of hydrogen-bond acceptors (Lipinski definition) is 6. The molecule has 0 radical (unpaired) electrons. The normalized spacial score (nSPS) is 21.4. The van der Waals surface area contributed by atoms with E-state index in [1.165, 1.54) is 0 Å². The second-order valence-corrected chi connectivity index (χ2v) is 8.44. The van der Waals surface area contributed by atoms with Gasteiger partial charge in [-0.25, -0.2) is 9.80 Å². The third-order valence-electron chi connectivity index (χ3n) is 6.21. The van der Waals surface area contributed by atoms with Gasteiger partial charge in [-0.3, -0.25) is 19.2 Å². The number of aryl methyl sites for hydroxylation is 4. The molecule has 166 valence electrons. The molecule has 0 spiro atoms. The van der Waals surface area contributed by atoms with Crippen molar-refractivity contribution in [2.24, 2.45) is 0 Å². The summed E-state index contributed by atoms with van der Waals surface area (Å²) in [5, 5.41) is 11.5. The summed E-state index contributed by atoms with van der Waals surface area (Å²) < 4.78 is 0. The molecule has 8 heteroatoms. The molecule has 32 heavy (non-hydrogen) atoms. The minimum atomic E-state index is -1.24. The van der Waals surface area contributed by atoms with Crippen LogP contribution in [0.3, 0.4) is 0 Å². The zero-order valence-corrected chi connectivity index (χ0v) is 18.5. The van der Waals surface area contributed by atoms with E-state index in [0.29, 0.717) is 16.4 Å². The molecule has 2 fully saturated rings. The smallest absolute Gasteiger partial charge is 0.254 e. The Hall–Kier alpha value is -3.36. The molecule has 2 unspecified atom stereocenters. The Bertz CT molecular complexity index is 1030. The van der Waals surface area contributed by atoms with Crippen molar-refractivity contribution < 1.29 is 24.4 Å². The van der Waals surface area contributed by atoms with Crippen molar-refractivity contribution in [2.75, 3.05) is 9.80 Å². The van der Waals surface area contributed by atoms with Crippen LogP contribution in [0, 0.1) is 27.7 Å². The molecule has 2 saturated heterocycles. The number of imide groups is 2. The molecule has 2 aliphatic rings. The average molecular weight is 435 g/mol. The summed E-state index contributed by atoms with van der Waals surface area (Å²) in [6.45, 7) is 7.20. The van der Waals surface area contributed by atoms with Crippen LogP contribution in [-0.2, 0) is 19.2 Å². The van der Waals surface area contributed by atoms with Gasteiger partial charge in [0.2, 0.25) is 11.8 Å². The first-order valence-corrected chi connectivity index (χ1v) is 10.5. The van der Waals surface area contributed by atoms with Crippen LogP contribution in [0.15, 0.2) is 36.4 Å². The fourth-order valence-corrected chi connectivity index (χ4v) is 4.65. The molecule has 0 bridgehead atoms. The molecular weight excluding hydrogens is 410 g/mol. The highest BCUT2D eigenvalue weighted by molar-refractivity contribution is 6.25. The first-order chi connectivity index (χ1) is 15.1. The average Bonchev–Trinajstić information content (AvgIpc) is 3.18. The van der Waals surface area contributed by atoms with Gasteiger partial charge in [-0.2, -0.15) is 5.06 Å². The molecule has 1 N–H and O–H groups in total. The third kappa shape index (κ3) is 3.32. The molecular formula is C24H25N3O5. The van der Waals surface area contributed by atoms with E-state index in [9.17, 15) is 24.4 Å². The van der Waals surface area contributed by atoms with E-state index in [1.54, 1.807) is 52.0 Å². The Morgan fingerprint density at radius 3 is 1.31 bits per heavy atom. The van der Waals surface area contributed by atoms with Crippen molar-refractivity contribution in [3.05, 3.63) is 58.7 Å². The lowest BCUT2D eigenvalue weighted by molar-refractivity contribution is -0.172. The van der Waals surface area contributed by atoms with Crippen molar-refractivity contribution in [3.63, 3.8) is 0 Å². The zero-order chi connectivity index (χ0) is 23.3. The van der Waals surface area contributed by atoms with E-state index in [1.807, 2.05) is 12.1 Å². The molecule has 0 aliphatic carbocycles. The second kappa shape index (κ2) is 7.96. The van der Waals surface area contributed by atoms with Crippen LogP contribution in [0.5, 0.6) is 0 Å². The summed E-state index contributed by atoms with van der Waals surface area (Å²) in [5.41, 5.74) is 4.00.